The Kier molecular flexibility index (Phi) is 9.43. The largest absolute Gasteiger partial charge is 0.450 e. The van der Waals surface area contributed by atoms with Crippen molar-refractivity contribution in [2.45, 2.75) is 71.0 Å². The van der Waals surface area contributed by atoms with Crippen molar-refractivity contribution in [3.05, 3.63) is 35.9 Å². The molecule has 0 spiro atoms. The van der Waals surface area contributed by atoms with Gasteiger partial charge in [0.1, 0.15) is 0 Å². The number of rotatable bonds is 9. The van der Waals surface area contributed by atoms with Crippen LogP contribution in [-0.2, 0) is 4.74 Å². The first kappa shape index (κ1) is 24.0. The number of nitrogens with zero attached hydrogens (tertiary/aromatic N) is 2. The number of nitrogens with one attached hydrogen (secondary N) is 2. The third-order valence-corrected chi connectivity index (χ3v) is 6.10. The molecule has 1 heterocycles. The molecular formula is C23H39N5O2. The molecule has 1 saturated heterocycles. The summed E-state index contributed by atoms with van der Waals surface area (Å²) in [5, 5.41) is 7.12. The Bertz CT molecular complexity index is 667. The number of amides is 1. The second-order valence-electron chi connectivity index (χ2n) is 8.07. The number of hydrogen-bond donors (Lipinski definition) is 3. The lowest BCUT2D eigenvalue weighted by Gasteiger charge is -2.35. The SMILES string of the molecule is CCOC(=O)N1CCC(NC(N)=NCC(CC)(CC)NC(C)c2ccccc2)CC1. The number of guanidine groups is 1. The van der Waals surface area contributed by atoms with Gasteiger partial charge in [-0.2, -0.15) is 0 Å². The van der Waals surface area contributed by atoms with E-state index in [1.54, 1.807) is 4.90 Å². The van der Waals surface area contributed by atoms with Crippen LogP contribution in [0.2, 0.25) is 0 Å². The molecule has 7 heteroatoms. The zero-order chi connectivity index (χ0) is 22.0. The molecule has 1 fully saturated rings. The van der Waals surface area contributed by atoms with Crippen LogP contribution in [0.3, 0.4) is 0 Å². The van der Waals surface area contributed by atoms with E-state index in [9.17, 15) is 4.79 Å². The molecule has 4 N–H and O–H groups in total. The van der Waals surface area contributed by atoms with E-state index in [2.05, 4.69) is 60.7 Å². The number of likely N-dealkylation sites (tertiary alicyclic amines) is 1. The van der Waals surface area contributed by atoms with Crippen LogP contribution in [0.25, 0.3) is 0 Å². The maximum atomic E-state index is 11.8. The molecule has 7 nitrogen and oxygen atoms in total. The number of hydrogen-bond acceptors (Lipinski definition) is 4. The van der Waals surface area contributed by atoms with E-state index in [0.29, 0.717) is 32.2 Å². The lowest BCUT2D eigenvalue weighted by atomic mass is 9.91. The van der Waals surface area contributed by atoms with Gasteiger partial charge in [0.05, 0.1) is 13.2 Å². The number of carbonyl (C=O) groups is 1. The van der Waals surface area contributed by atoms with E-state index in [4.69, 9.17) is 10.5 Å². The molecule has 1 unspecified atom stereocenters. The molecule has 168 valence electrons. The van der Waals surface area contributed by atoms with Crippen molar-refractivity contribution in [2.75, 3.05) is 26.2 Å². The van der Waals surface area contributed by atoms with Crippen molar-refractivity contribution < 1.29 is 9.53 Å². The monoisotopic (exact) mass is 417 g/mol. The molecule has 0 saturated carbocycles. The maximum Gasteiger partial charge on any atom is 0.409 e. The quantitative estimate of drug-likeness (QED) is 0.423. The predicted molar refractivity (Wildman–Crippen MR) is 123 cm³/mol. The highest BCUT2D eigenvalue weighted by atomic mass is 16.6. The molecule has 1 aromatic rings. The molecule has 1 atom stereocenters. The predicted octanol–water partition coefficient (Wildman–Crippen LogP) is 3.42. The Morgan fingerprint density at radius 3 is 2.43 bits per heavy atom. The van der Waals surface area contributed by atoms with Crippen LogP contribution in [0.1, 0.15) is 65.0 Å². The lowest BCUT2D eigenvalue weighted by molar-refractivity contribution is 0.0963. The normalized spacial score (nSPS) is 16.9. The van der Waals surface area contributed by atoms with Crippen LogP contribution < -0.4 is 16.4 Å². The van der Waals surface area contributed by atoms with Gasteiger partial charge >= 0.3 is 6.09 Å². The van der Waals surface area contributed by atoms with Gasteiger partial charge in [-0.15, -0.1) is 0 Å². The van der Waals surface area contributed by atoms with Crippen LogP contribution in [0.15, 0.2) is 35.3 Å². The molecule has 1 aromatic carbocycles. The van der Waals surface area contributed by atoms with Crippen LogP contribution in [0.5, 0.6) is 0 Å². The number of piperidine rings is 1. The van der Waals surface area contributed by atoms with E-state index in [0.717, 1.165) is 25.7 Å². The van der Waals surface area contributed by atoms with Crippen LogP contribution in [0, 0.1) is 0 Å². The van der Waals surface area contributed by atoms with Gasteiger partial charge in [-0.1, -0.05) is 44.2 Å². The number of nitrogens with two attached hydrogens (primary N) is 1. The highest BCUT2D eigenvalue weighted by Gasteiger charge is 2.28. The van der Waals surface area contributed by atoms with Gasteiger partial charge in [0.25, 0.3) is 0 Å². The van der Waals surface area contributed by atoms with Gasteiger partial charge in [0.2, 0.25) is 0 Å². The summed E-state index contributed by atoms with van der Waals surface area (Å²) in [6.07, 6.45) is 3.38. The summed E-state index contributed by atoms with van der Waals surface area (Å²) < 4.78 is 5.07. The number of carbonyl (C=O) groups excluding carboxylic acids is 1. The second kappa shape index (κ2) is 11.8. The molecule has 30 heavy (non-hydrogen) atoms. The van der Waals surface area contributed by atoms with Crippen molar-refractivity contribution in [3.8, 4) is 0 Å². The molecule has 0 radical (unpaired) electrons. The maximum absolute atomic E-state index is 11.8. The molecule has 1 amide bonds. The van der Waals surface area contributed by atoms with Crippen molar-refractivity contribution in [2.24, 2.45) is 10.7 Å². The van der Waals surface area contributed by atoms with Crippen molar-refractivity contribution in [3.63, 3.8) is 0 Å². The highest BCUT2D eigenvalue weighted by Crippen LogP contribution is 2.22. The smallest absolute Gasteiger partial charge is 0.409 e. The fourth-order valence-corrected chi connectivity index (χ4v) is 3.92. The minimum Gasteiger partial charge on any atom is -0.450 e. The van der Waals surface area contributed by atoms with Crippen LogP contribution >= 0.6 is 0 Å². The molecule has 2 rings (SSSR count). The van der Waals surface area contributed by atoms with Gasteiger partial charge < -0.3 is 26.0 Å². The average Bonchev–Trinajstić information content (AvgIpc) is 2.78. The molecule has 0 aromatic heterocycles. The highest BCUT2D eigenvalue weighted by molar-refractivity contribution is 5.78. The molecule has 0 bridgehead atoms. The van der Waals surface area contributed by atoms with Gasteiger partial charge in [0.15, 0.2) is 5.96 Å². The summed E-state index contributed by atoms with van der Waals surface area (Å²) in [5.41, 5.74) is 7.38. The molecule has 1 aliphatic heterocycles. The molecule has 0 aliphatic carbocycles. The number of benzene rings is 1. The van der Waals surface area contributed by atoms with Gasteiger partial charge in [-0.05, 0) is 45.1 Å². The molecule has 1 aliphatic rings. The summed E-state index contributed by atoms with van der Waals surface area (Å²) in [6.45, 7) is 10.8. The zero-order valence-electron chi connectivity index (χ0n) is 19.0. The Morgan fingerprint density at radius 2 is 1.87 bits per heavy atom. The summed E-state index contributed by atoms with van der Waals surface area (Å²) in [6, 6.07) is 10.9. The van der Waals surface area contributed by atoms with Crippen molar-refractivity contribution in [1.29, 1.82) is 0 Å². The third-order valence-electron chi connectivity index (χ3n) is 6.10. The summed E-state index contributed by atoms with van der Waals surface area (Å²) >= 11 is 0. The van der Waals surface area contributed by atoms with E-state index >= 15 is 0 Å². The Hall–Kier alpha value is -2.28. The first-order valence-electron chi connectivity index (χ1n) is 11.2. The first-order chi connectivity index (χ1) is 14.4. The standard InChI is InChI=1S/C23H39N5O2/c1-5-23(6-2,27-18(4)19-11-9-8-10-12-19)17-25-21(24)26-20-13-15-28(16-14-20)22(29)30-7-3/h8-12,18,20,27H,5-7,13-17H2,1-4H3,(H3,24,25,26). The lowest BCUT2D eigenvalue weighted by Crippen LogP contribution is -2.51. The topological polar surface area (TPSA) is 92.0 Å². The van der Waals surface area contributed by atoms with Gasteiger partial charge in [0, 0.05) is 30.7 Å². The Morgan fingerprint density at radius 1 is 1.23 bits per heavy atom. The second-order valence-corrected chi connectivity index (χ2v) is 8.07. The van der Waals surface area contributed by atoms with E-state index in [-0.39, 0.29) is 23.7 Å². The summed E-state index contributed by atoms with van der Waals surface area (Å²) in [5.74, 6) is 0.477. The van der Waals surface area contributed by atoms with Gasteiger partial charge in [-0.25, -0.2) is 4.79 Å². The minimum atomic E-state index is -0.230. The minimum absolute atomic E-state index is 0.102. The number of ether oxygens (including phenoxy) is 1. The number of aliphatic imine (C=N–C) groups is 1. The van der Waals surface area contributed by atoms with Crippen molar-refractivity contribution in [1.82, 2.24) is 15.5 Å². The summed E-state index contributed by atoms with van der Waals surface area (Å²) in [4.78, 5) is 18.3. The Balaban J connectivity index is 1.89. The third kappa shape index (κ3) is 6.90. The summed E-state index contributed by atoms with van der Waals surface area (Å²) in [7, 11) is 0. The fraction of sp³-hybridized carbons (Fsp3) is 0.652. The zero-order valence-corrected chi connectivity index (χ0v) is 19.0. The van der Waals surface area contributed by atoms with Crippen LogP contribution in [-0.4, -0.2) is 54.8 Å². The fourth-order valence-electron chi connectivity index (χ4n) is 3.92. The molecular weight excluding hydrogens is 378 g/mol. The van der Waals surface area contributed by atoms with E-state index < -0.39 is 0 Å². The van der Waals surface area contributed by atoms with Gasteiger partial charge in [-0.3, -0.25) is 4.99 Å². The average molecular weight is 418 g/mol. The first-order valence-corrected chi connectivity index (χ1v) is 11.2. The van der Waals surface area contributed by atoms with E-state index in [1.165, 1.54) is 5.56 Å². The Labute approximate surface area is 181 Å². The van der Waals surface area contributed by atoms with E-state index in [1.807, 2.05) is 13.0 Å². The van der Waals surface area contributed by atoms with Crippen molar-refractivity contribution >= 4 is 12.1 Å². The van der Waals surface area contributed by atoms with Crippen LogP contribution in [0.4, 0.5) is 4.79 Å².